The van der Waals surface area contributed by atoms with Gasteiger partial charge in [0.2, 0.25) is 5.91 Å². The van der Waals surface area contributed by atoms with Crippen LogP contribution in [0.15, 0.2) is 24.3 Å². The van der Waals surface area contributed by atoms with Crippen LogP contribution in [0.4, 0.5) is 5.69 Å². The smallest absolute Gasteiger partial charge is 0.224 e. The Kier molecular flexibility index (Phi) is 2.95. The molecular weight excluding hydrogens is 200 g/mol. The lowest BCUT2D eigenvalue weighted by Gasteiger charge is -2.05. The average Bonchev–Trinajstić information content (AvgIpc) is 2.60. The van der Waals surface area contributed by atoms with Gasteiger partial charge in [0.1, 0.15) is 0 Å². The molecule has 0 aliphatic carbocycles. The summed E-state index contributed by atoms with van der Waals surface area (Å²) in [6.07, 6.45) is 1.44. The first-order valence-electron chi connectivity index (χ1n) is 5.59. The van der Waals surface area contributed by atoms with Crippen molar-refractivity contribution in [2.45, 2.75) is 26.7 Å². The Morgan fingerprint density at radius 3 is 3.00 bits per heavy atom. The van der Waals surface area contributed by atoms with Crippen LogP contribution in [0.1, 0.15) is 25.5 Å². The Morgan fingerprint density at radius 2 is 2.25 bits per heavy atom. The molecule has 84 valence electrons. The van der Waals surface area contributed by atoms with Gasteiger partial charge in [-0.05, 0) is 31.5 Å². The zero-order valence-corrected chi connectivity index (χ0v) is 9.63. The normalized spacial score (nSPS) is 10.6. The summed E-state index contributed by atoms with van der Waals surface area (Å²) in [5.74, 6) is 0.0776. The summed E-state index contributed by atoms with van der Waals surface area (Å²) in [5, 5.41) is 4.01. The number of anilines is 1. The predicted octanol–water partition coefficient (Wildman–Crippen LogP) is 3.21. The summed E-state index contributed by atoms with van der Waals surface area (Å²) in [7, 11) is 0. The Bertz CT molecular complexity index is 514. The van der Waals surface area contributed by atoms with E-state index < -0.39 is 0 Å². The second kappa shape index (κ2) is 4.39. The van der Waals surface area contributed by atoms with Crippen LogP contribution in [0.2, 0.25) is 0 Å². The minimum absolute atomic E-state index is 0.0776. The largest absolute Gasteiger partial charge is 0.359 e. The summed E-state index contributed by atoms with van der Waals surface area (Å²) in [6, 6.07) is 7.94. The van der Waals surface area contributed by atoms with Crippen LogP contribution in [0, 0.1) is 6.92 Å². The number of fused-ring (bicyclic) bond motifs is 1. The van der Waals surface area contributed by atoms with Crippen molar-refractivity contribution in [3.05, 3.63) is 30.0 Å². The van der Waals surface area contributed by atoms with Gasteiger partial charge in [0.05, 0.1) is 5.69 Å². The van der Waals surface area contributed by atoms with E-state index in [4.69, 9.17) is 0 Å². The highest BCUT2D eigenvalue weighted by Gasteiger charge is 2.06. The van der Waals surface area contributed by atoms with Crippen molar-refractivity contribution in [3.63, 3.8) is 0 Å². The van der Waals surface area contributed by atoms with Crippen LogP contribution in [-0.2, 0) is 4.79 Å². The van der Waals surface area contributed by atoms with Crippen LogP contribution < -0.4 is 5.32 Å². The fourth-order valence-electron chi connectivity index (χ4n) is 1.84. The van der Waals surface area contributed by atoms with Gasteiger partial charge >= 0.3 is 0 Å². The van der Waals surface area contributed by atoms with Crippen molar-refractivity contribution < 1.29 is 4.79 Å². The van der Waals surface area contributed by atoms with E-state index in [-0.39, 0.29) is 5.91 Å². The summed E-state index contributed by atoms with van der Waals surface area (Å²) in [6.45, 7) is 4.01. The van der Waals surface area contributed by atoms with Crippen LogP contribution in [0.3, 0.4) is 0 Å². The van der Waals surface area contributed by atoms with E-state index in [1.807, 2.05) is 32.0 Å². The topological polar surface area (TPSA) is 44.9 Å². The van der Waals surface area contributed by atoms with Crippen molar-refractivity contribution in [2.75, 3.05) is 5.32 Å². The highest BCUT2D eigenvalue weighted by Crippen LogP contribution is 2.24. The van der Waals surface area contributed by atoms with Crippen molar-refractivity contribution in [3.8, 4) is 0 Å². The molecule has 0 fully saturated rings. The lowest BCUT2D eigenvalue weighted by atomic mass is 10.2. The third-order valence-electron chi connectivity index (χ3n) is 2.55. The lowest BCUT2D eigenvalue weighted by Crippen LogP contribution is -2.10. The summed E-state index contributed by atoms with van der Waals surface area (Å²) in [5.41, 5.74) is 3.05. The molecule has 0 spiro atoms. The number of benzene rings is 1. The Labute approximate surface area is 94.9 Å². The molecule has 1 aromatic carbocycles. The van der Waals surface area contributed by atoms with E-state index >= 15 is 0 Å². The lowest BCUT2D eigenvalue weighted by molar-refractivity contribution is -0.116. The highest BCUT2D eigenvalue weighted by atomic mass is 16.1. The number of carbonyl (C=O) groups excluding carboxylic acids is 1. The molecule has 1 amide bonds. The number of hydrogen-bond acceptors (Lipinski definition) is 1. The van der Waals surface area contributed by atoms with Crippen LogP contribution >= 0.6 is 0 Å². The molecule has 0 saturated heterocycles. The van der Waals surface area contributed by atoms with Gasteiger partial charge in [0.25, 0.3) is 0 Å². The maximum absolute atomic E-state index is 11.5. The fourth-order valence-corrected chi connectivity index (χ4v) is 1.84. The van der Waals surface area contributed by atoms with Crippen LogP contribution in [-0.4, -0.2) is 10.9 Å². The van der Waals surface area contributed by atoms with Crippen molar-refractivity contribution in [1.82, 2.24) is 4.98 Å². The standard InChI is InChI=1S/C13H16N2O/c1-3-5-13(16)15-12-7-4-6-11-10(12)8-9(2)14-11/h4,6-8,14H,3,5H2,1-2H3,(H,15,16). The van der Waals surface area contributed by atoms with Crippen LogP contribution in [0.5, 0.6) is 0 Å². The zero-order chi connectivity index (χ0) is 11.5. The molecule has 2 rings (SSSR count). The van der Waals surface area contributed by atoms with E-state index in [1.54, 1.807) is 0 Å². The zero-order valence-electron chi connectivity index (χ0n) is 9.63. The fraction of sp³-hybridized carbons (Fsp3) is 0.308. The molecule has 0 aliphatic heterocycles. The Hall–Kier alpha value is -1.77. The number of aromatic amines is 1. The first kappa shape index (κ1) is 10.7. The van der Waals surface area contributed by atoms with E-state index in [2.05, 4.69) is 16.4 Å². The molecule has 0 aliphatic rings. The molecule has 0 saturated carbocycles. The van der Waals surface area contributed by atoms with Gasteiger partial charge in [-0.3, -0.25) is 4.79 Å². The second-order valence-corrected chi connectivity index (χ2v) is 4.02. The number of aromatic nitrogens is 1. The summed E-state index contributed by atoms with van der Waals surface area (Å²) < 4.78 is 0. The van der Waals surface area contributed by atoms with Gasteiger partial charge in [-0.2, -0.15) is 0 Å². The predicted molar refractivity (Wildman–Crippen MR) is 66.6 cm³/mol. The summed E-state index contributed by atoms with van der Waals surface area (Å²) in [4.78, 5) is 14.8. The maximum Gasteiger partial charge on any atom is 0.224 e. The van der Waals surface area contributed by atoms with Crippen molar-refractivity contribution in [1.29, 1.82) is 0 Å². The Morgan fingerprint density at radius 1 is 1.44 bits per heavy atom. The molecule has 1 aromatic heterocycles. The van der Waals surface area contributed by atoms with E-state index in [9.17, 15) is 4.79 Å². The van der Waals surface area contributed by atoms with Gasteiger partial charge in [-0.15, -0.1) is 0 Å². The molecule has 2 N–H and O–H groups in total. The van der Waals surface area contributed by atoms with E-state index in [1.165, 1.54) is 0 Å². The number of aryl methyl sites for hydroxylation is 1. The average molecular weight is 216 g/mol. The number of rotatable bonds is 3. The monoisotopic (exact) mass is 216 g/mol. The minimum Gasteiger partial charge on any atom is -0.359 e. The highest BCUT2D eigenvalue weighted by molar-refractivity contribution is 6.01. The van der Waals surface area contributed by atoms with Gasteiger partial charge in [0.15, 0.2) is 0 Å². The molecule has 0 unspecified atom stereocenters. The van der Waals surface area contributed by atoms with Gasteiger partial charge in [-0.1, -0.05) is 13.0 Å². The molecule has 2 aromatic rings. The molecular formula is C13H16N2O. The minimum atomic E-state index is 0.0776. The third kappa shape index (κ3) is 2.08. The van der Waals surface area contributed by atoms with Crippen molar-refractivity contribution >= 4 is 22.5 Å². The number of carbonyl (C=O) groups is 1. The van der Waals surface area contributed by atoms with Gasteiger partial charge in [0, 0.05) is 23.0 Å². The molecule has 0 radical (unpaired) electrons. The first-order chi connectivity index (χ1) is 7.70. The molecule has 0 bridgehead atoms. The SMILES string of the molecule is CCCC(=O)Nc1cccc2[nH]c(C)cc12. The Balaban J connectivity index is 2.33. The number of H-pyrrole nitrogens is 1. The van der Waals surface area contributed by atoms with Crippen molar-refractivity contribution in [2.24, 2.45) is 0 Å². The van der Waals surface area contributed by atoms with Gasteiger partial charge < -0.3 is 10.3 Å². The quantitative estimate of drug-likeness (QED) is 0.813. The molecule has 16 heavy (non-hydrogen) atoms. The first-order valence-corrected chi connectivity index (χ1v) is 5.59. The second-order valence-electron chi connectivity index (χ2n) is 4.02. The number of amides is 1. The molecule has 1 heterocycles. The number of hydrogen-bond donors (Lipinski definition) is 2. The summed E-state index contributed by atoms with van der Waals surface area (Å²) >= 11 is 0. The van der Waals surface area contributed by atoms with E-state index in [0.29, 0.717) is 6.42 Å². The number of nitrogens with one attached hydrogen (secondary N) is 2. The molecule has 3 heteroatoms. The van der Waals surface area contributed by atoms with Crippen LogP contribution in [0.25, 0.3) is 10.9 Å². The van der Waals surface area contributed by atoms with E-state index in [0.717, 1.165) is 28.7 Å². The molecule has 0 atom stereocenters. The maximum atomic E-state index is 11.5. The van der Waals surface area contributed by atoms with Gasteiger partial charge in [-0.25, -0.2) is 0 Å². The third-order valence-corrected chi connectivity index (χ3v) is 2.55. The molecule has 3 nitrogen and oxygen atoms in total.